The fourth-order valence-corrected chi connectivity index (χ4v) is 2.28. The molecule has 6 heteroatoms. The first-order chi connectivity index (χ1) is 10.0. The Kier molecular flexibility index (Phi) is 4.59. The van der Waals surface area contributed by atoms with Gasteiger partial charge in [0.05, 0.1) is 11.2 Å². The summed E-state index contributed by atoms with van der Waals surface area (Å²) in [5, 5.41) is 14.0. The Morgan fingerprint density at radius 1 is 1.29 bits per heavy atom. The Balaban J connectivity index is 2.15. The van der Waals surface area contributed by atoms with Crippen LogP contribution in [0.3, 0.4) is 0 Å². The molecule has 0 radical (unpaired) electrons. The highest BCUT2D eigenvalue weighted by Crippen LogP contribution is 2.23. The molecule has 1 N–H and O–H groups in total. The van der Waals surface area contributed by atoms with Gasteiger partial charge >= 0.3 is 0 Å². The Hall–Kier alpha value is -2.34. The molecule has 1 heterocycles. The van der Waals surface area contributed by atoms with E-state index in [4.69, 9.17) is 4.42 Å². The predicted molar refractivity (Wildman–Crippen MR) is 81.3 cm³/mol. The van der Waals surface area contributed by atoms with Gasteiger partial charge in [-0.1, -0.05) is 0 Å². The number of benzene rings is 1. The van der Waals surface area contributed by atoms with Crippen LogP contribution in [-0.2, 0) is 13.1 Å². The maximum atomic E-state index is 10.9. The minimum absolute atomic E-state index is 0.108. The zero-order valence-corrected chi connectivity index (χ0v) is 12.4. The molecule has 0 amide bonds. The zero-order valence-electron chi connectivity index (χ0n) is 12.4. The van der Waals surface area contributed by atoms with Gasteiger partial charge in [-0.25, -0.2) is 0 Å². The lowest BCUT2D eigenvalue weighted by molar-refractivity contribution is -0.384. The van der Waals surface area contributed by atoms with E-state index in [2.05, 4.69) is 10.2 Å². The van der Waals surface area contributed by atoms with Crippen LogP contribution in [-0.4, -0.2) is 23.9 Å². The van der Waals surface area contributed by atoms with Crippen LogP contribution in [0.15, 0.2) is 34.9 Å². The number of hydrogen-bond acceptors (Lipinski definition) is 5. The number of rotatable bonds is 6. The molecule has 0 atom stereocenters. The van der Waals surface area contributed by atoms with Gasteiger partial charge in [-0.15, -0.1) is 0 Å². The summed E-state index contributed by atoms with van der Waals surface area (Å²) >= 11 is 0. The van der Waals surface area contributed by atoms with Crippen molar-refractivity contribution in [3.63, 3.8) is 0 Å². The van der Waals surface area contributed by atoms with E-state index in [-0.39, 0.29) is 10.6 Å². The number of nitrogens with one attached hydrogen (secondary N) is 1. The SMILES string of the molecule is CNc1ccc([N+](=O)[O-])cc1CN(C)Cc1ccoc1C. The molecule has 2 aromatic rings. The Bertz CT molecular complexity index is 637. The van der Waals surface area contributed by atoms with E-state index in [0.29, 0.717) is 6.54 Å². The van der Waals surface area contributed by atoms with E-state index in [0.717, 1.165) is 29.1 Å². The molecule has 0 aliphatic heterocycles. The standard InChI is InChI=1S/C15H19N3O3/c1-11-12(6-7-21-11)9-17(3)10-13-8-14(18(19)20)4-5-15(13)16-2/h4-8,16H,9-10H2,1-3H3. The third kappa shape index (κ3) is 3.61. The number of nitro benzene ring substituents is 1. The quantitative estimate of drug-likeness (QED) is 0.653. The number of aryl methyl sites for hydroxylation is 1. The van der Waals surface area contributed by atoms with Gasteiger partial charge in [0.15, 0.2) is 0 Å². The summed E-state index contributed by atoms with van der Waals surface area (Å²) in [7, 11) is 3.79. The monoisotopic (exact) mass is 289 g/mol. The number of nitrogens with zero attached hydrogens (tertiary/aromatic N) is 2. The normalized spacial score (nSPS) is 10.9. The summed E-state index contributed by atoms with van der Waals surface area (Å²) in [6.45, 7) is 3.27. The first-order valence-corrected chi connectivity index (χ1v) is 6.68. The van der Waals surface area contributed by atoms with Crippen molar-refractivity contribution in [2.75, 3.05) is 19.4 Å². The molecular formula is C15H19N3O3. The van der Waals surface area contributed by atoms with Crippen molar-refractivity contribution in [2.45, 2.75) is 20.0 Å². The lowest BCUT2D eigenvalue weighted by Crippen LogP contribution is -2.18. The predicted octanol–water partition coefficient (Wildman–Crippen LogP) is 3.17. The van der Waals surface area contributed by atoms with Gasteiger partial charge in [-0.05, 0) is 31.7 Å². The van der Waals surface area contributed by atoms with Gasteiger partial charge in [-0.3, -0.25) is 15.0 Å². The van der Waals surface area contributed by atoms with Crippen molar-refractivity contribution < 1.29 is 9.34 Å². The van der Waals surface area contributed by atoms with Crippen molar-refractivity contribution in [1.82, 2.24) is 4.90 Å². The highest BCUT2D eigenvalue weighted by molar-refractivity contribution is 5.55. The Labute approximate surface area is 123 Å². The second-order valence-corrected chi connectivity index (χ2v) is 5.02. The highest BCUT2D eigenvalue weighted by atomic mass is 16.6. The minimum Gasteiger partial charge on any atom is -0.469 e. The van der Waals surface area contributed by atoms with Gasteiger partial charge in [0.2, 0.25) is 0 Å². The van der Waals surface area contributed by atoms with Crippen LogP contribution in [0.2, 0.25) is 0 Å². The number of anilines is 1. The van der Waals surface area contributed by atoms with Crippen molar-refractivity contribution in [3.8, 4) is 0 Å². The second-order valence-electron chi connectivity index (χ2n) is 5.02. The smallest absolute Gasteiger partial charge is 0.269 e. The fraction of sp³-hybridized carbons (Fsp3) is 0.333. The second kappa shape index (κ2) is 6.41. The number of nitro groups is 1. The van der Waals surface area contributed by atoms with E-state index in [9.17, 15) is 10.1 Å². The summed E-state index contributed by atoms with van der Waals surface area (Å²) < 4.78 is 5.28. The minimum atomic E-state index is -0.372. The molecule has 0 spiro atoms. The molecule has 0 aliphatic rings. The highest BCUT2D eigenvalue weighted by Gasteiger charge is 2.13. The fourth-order valence-electron chi connectivity index (χ4n) is 2.28. The summed E-state index contributed by atoms with van der Waals surface area (Å²) in [6, 6.07) is 6.81. The van der Waals surface area contributed by atoms with E-state index < -0.39 is 0 Å². The molecule has 1 aromatic heterocycles. The summed E-state index contributed by atoms with van der Waals surface area (Å²) in [6.07, 6.45) is 1.67. The lowest BCUT2D eigenvalue weighted by atomic mass is 10.1. The van der Waals surface area contributed by atoms with Gasteiger partial charge < -0.3 is 9.73 Å². The third-order valence-corrected chi connectivity index (χ3v) is 3.42. The molecule has 2 rings (SSSR count). The van der Waals surface area contributed by atoms with Gasteiger partial charge in [-0.2, -0.15) is 0 Å². The molecule has 0 aliphatic carbocycles. The molecule has 0 bridgehead atoms. The summed E-state index contributed by atoms with van der Waals surface area (Å²) in [5.41, 5.74) is 3.03. The van der Waals surface area contributed by atoms with E-state index in [1.807, 2.05) is 27.1 Å². The maximum Gasteiger partial charge on any atom is 0.269 e. The maximum absolute atomic E-state index is 10.9. The van der Waals surface area contributed by atoms with E-state index >= 15 is 0 Å². The van der Waals surface area contributed by atoms with Crippen molar-refractivity contribution in [3.05, 3.63) is 57.5 Å². The van der Waals surface area contributed by atoms with Crippen molar-refractivity contribution in [1.29, 1.82) is 0 Å². The average molecular weight is 289 g/mol. The molecule has 0 fully saturated rings. The summed E-state index contributed by atoms with van der Waals surface area (Å²) in [4.78, 5) is 12.6. The van der Waals surface area contributed by atoms with Crippen LogP contribution < -0.4 is 5.32 Å². The van der Waals surface area contributed by atoms with Crippen LogP contribution in [0.4, 0.5) is 11.4 Å². The Morgan fingerprint density at radius 3 is 2.57 bits per heavy atom. The molecule has 0 saturated carbocycles. The average Bonchev–Trinajstić information content (AvgIpc) is 2.84. The molecule has 112 valence electrons. The number of hydrogen-bond donors (Lipinski definition) is 1. The van der Waals surface area contributed by atoms with Gasteiger partial charge in [0.25, 0.3) is 5.69 Å². The molecule has 0 saturated heterocycles. The third-order valence-electron chi connectivity index (χ3n) is 3.42. The van der Waals surface area contributed by atoms with Crippen LogP contribution in [0, 0.1) is 17.0 Å². The lowest BCUT2D eigenvalue weighted by Gasteiger charge is -2.18. The zero-order chi connectivity index (χ0) is 15.4. The van der Waals surface area contributed by atoms with Crippen LogP contribution in [0.5, 0.6) is 0 Å². The Morgan fingerprint density at radius 2 is 2.00 bits per heavy atom. The van der Waals surface area contributed by atoms with Crippen molar-refractivity contribution >= 4 is 11.4 Å². The topological polar surface area (TPSA) is 71.6 Å². The van der Waals surface area contributed by atoms with Crippen LogP contribution in [0.1, 0.15) is 16.9 Å². The number of furan rings is 1. The molecule has 6 nitrogen and oxygen atoms in total. The molecule has 0 unspecified atom stereocenters. The first-order valence-electron chi connectivity index (χ1n) is 6.68. The van der Waals surface area contributed by atoms with Crippen molar-refractivity contribution in [2.24, 2.45) is 0 Å². The largest absolute Gasteiger partial charge is 0.469 e. The number of non-ortho nitro benzene ring substituents is 1. The van der Waals surface area contributed by atoms with Crippen LogP contribution >= 0.6 is 0 Å². The molecule has 1 aromatic carbocycles. The van der Waals surface area contributed by atoms with Gasteiger partial charge in [0.1, 0.15) is 5.76 Å². The molecule has 21 heavy (non-hydrogen) atoms. The van der Waals surface area contributed by atoms with E-state index in [1.54, 1.807) is 18.4 Å². The molecular weight excluding hydrogens is 270 g/mol. The van der Waals surface area contributed by atoms with Crippen LogP contribution in [0.25, 0.3) is 0 Å². The van der Waals surface area contributed by atoms with Gasteiger partial charge in [0, 0.05) is 43.5 Å². The summed E-state index contributed by atoms with van der Waals surface area (Å²) in [5.74, 6) is 0.898. The first kappa shape index (κ1) is 15.1. The van der Waals surface area contributed by atoms with E-state index in [1.165, 1.54) is 6.07 Å².